The van der Waals surface area contributed by atoms with Gasteiger partial charge in [-0.2, -0.15) is 34.8 Å². The summed E-state index contributed by atoms with van der Waals surface area (Å²) >= 11 is 0. The second kappa shape index (κ2) is 8.59. The summed E-state index contributed by atoms with van der Waals surface area (Å²) in [4.78, 5) is 22.3. The summed E-state index contributed by atoms with van der Waals surface area (Å²) in [5.74, 6) is -16.3. The third-order valence-electron chi connectivity index (χ3n) is 2.83. The highest BCUT2D eigenvalue weighted by molar-refractivity contribution is 7.87. The number of halogens is 8. The van der Waals surface area contributed by atoms with Crippen molar-refractivity contribution in [3.8, 4) is 0 Å². The van der Waals surface area contributed by atoms with Crippen LogP contribution in [0.2, 0.25) is 0 Å². The van der Waals surface area contributed by atoms with Gasteiger partial charge in [0.05, 0.1) is 6.42 Å². The normalized spacial score (nSPS) is 14.5. The van der Waals surface area contributed by atoms with Gasteiger partial charge in [0.2, 0.25) is 0 Å². The zero-order valence-electron chi connectivity index (χ0n) is 13.6. The lowest BCUT2D eigenvalue weighted by atomic mass is 10.0. The van der Waals surface area contributed by atoms with Crippen molar-refractivity contribution in [3.63, 3.8) is 0 Å². The van der Waals surface area contributed by atoms with Gasteiger partial charge >= 0.3 is 45.6 Å². The molecule has 7 nitrogen and oxygen atoms in total. The molecule has 0 heterocycles. The van der Waals surface area contributed by atoms with Crippen molar-refractivity contribution in [2.24, 2.45) is 0 Å². The number of alkyl halides is 8. The van der Waals surface area contributed by atoms with Gasteiger partial charge in [-0.25, -0.2) is 18.4 Å². The molecule has 0 aromatic rings. The minimum Gasteiger partial charge on any atom is -0.458 e. The smallest absolute Gasteiger partial charge is 0.458 e. The Morgan fingerprint density at radius 2 is 1.57 bits per heavy atom. The number of ether oxygens (including phenoxy) is 2. The van der Waals surface area contributed by atoms with Crippen molar-refractivity contribution in [2.45, 2.75) is 43.0 Å². The van der Waals surface area contributed by atoms with Gasteiger partial charge in [-0.05, 0) is 6.92 Å². The Bertz CT molecular complexity index is 719. The van der Waals surface area contributed by atoms with Gasteiger partial charge in [0, 0.05) is 5.57 Å². The minimum absolute atomic E-state index is 0.405. The van der Waals surface area contributed by atoms with Crippen LogP contribution >= 0.6 is 0 Å². The van der Waals surface area contributed by atoms with Crippen LogP contribution in [0.3, 0.4) is 0 Å². The fourth-order valence-corrected chi connectivity index (χ4v) is 1.59. The summed E-state index contributed by atoms with van der Waals surface area (Å²) in [6, 6.07) is 0. The fraction of sp³-hybridized carbons (Fsp3) is 0.667. The van der Waals surface area contributed by atoms with E-state index < -0.39 is 70.3 Å². The summed E-state index contributed by atoms with van der Waals surface area (Å²) in [5, 5.41) is -5.72. The van der Waals surface area contributed by atoms with Crippen LogP contribution in [0.25, 0.3) is 0 Å². The quantitative estimate of drug-likeness (QED) is 0.235. The molecule has 0 aliphatic rings. The SMILES string of the molecule is C=C(C)C(=O)OCC(CC(F)(F)C(F)(F)C(F)F)OC(=O)C(F)(F)S(=O)(=O)O. The van der Waals surface area contributed by atoms with E-state index >= 15 is 0 Å². The lowest BCUT2D eigenvalue weighted by Gasteiger charge is -2.29. The van der Waals surface area contributed by atoms with E-state index in [0.29, 0.717) is 0 Å². The number of carbonyl (C=O) groups excluding carboxylic acids is 2. The maximum Gasteiger partial charge on any atom is 0.465 e. The first kappa shape index (κ1) is 26.0. The lowest BCUT2D eigenvalue weighted by Crippen LogP contribution is -2.50. The number of esters is 2. The molecule has 0 aromatic heterocycles. The monoisotopic (exact) mass is 452 g/mol. The van der Waals surface area contributed by atoms with Crippen LogP contribution in [0.4, 0.5) is 35.1 Å². The molecular weight excluding hydrogens is 440 g/mol. The molecule has 0 saturated carbocycles. The highest BCUT2D eigenvalue weighted by atomic mass is 32.2. The Hall–Kier alpha value is -1.97. The highest BCUT2D eigenvalue weighted by Gasteiger charge is 2.64. The molecule has 0 amide bonds. The molecule has 0 fully saturated rings. The first-order chi connectivity index (χ1) is 12.3. The van der Waals surface area contributed by atoms with Gasteiger partial charge < -0.3 is 9.47 Å². The van der Waals surface area contributed by atoms with Gasteiger partial charge in [-0.1, -0.05) is 6.58 Å². The predicted molar refractivity (Wildman–Crippen MR) is 72.7 cm³/mol. The van der Waals surface area contributed by atoms with Gasteiger partial charge in [-0.15, -0.1) is 0 Å². The molecule has 0 aliphatic heterocycles. The van der Waals surface area contributed by atoms with E-state index in [1.165, 1.54) is 0 Å². The predicted octanol–water partition coefficient (Wildman–Crippen LogP) is 2.42. The van der Waals surface area contributed by atoms with Crippen molar-refractivity contribution < 1.29 is 67.2 Å². The number of rotatable bonds is 10. The molecular formula is C12H12F8O7S. The Morgan fingerprint density at radius 1 is 1.11 bits per heavy atom. The maximum atomic E-state index is 13.4. The third kappa shape index (κ3) is 6.02. The maximum absolute atomic E-state index is 13.4. The van der Waals surface area contributed by atoms with Crippen molar-refractivity contribution in [3.05, 3.63) is 12.2 Å². The van der Waals surface area contributed by atoms with Crippen molar-refractivity contribution >= 4 is 22.1 Å². The number of hydrogen-bond acceptors (Lipinski definition) is 6. The Morgan fingerprint density at radius 3 is 1.93 bits per heavy atom. The first-order valence-electron chi connectivity index (χ1n) is 6.69. The first-order valence-corrected chi connectivity index (χ1v) is 8.13. The van der Waals surface area contributed by atoms with Crippen molar-refractivity contribution in [1.29, 1.82) is 0 Å². The standard InChI is InChI=1S/C12H12F8O7S/c1-5(2)7(21)26-4-6(3-10(15,16)11(17,18)8(13)14)27-9(22)12(19,20)28(23,24)25/h6,8H,1,3-4H2,2H3,(H,23,24,25). The zero-order valence-corrected chi connectivity index (χ0v) is 14.4. The summed E-state index contributed by atoms with van der Waals surface area (Å²) < 4.78 is 140. The molecule has 28 heavy (non-hydrogen) atoms. The molecule has 0 rings (SSSR count). The fourth-order valence-electron chi connectivity index (χ4n) is 1.33. The topological polar surface area (TPSA) is 107 Å². The Balaban J connectivity index is 5.69. The summed E-state index contributed by atoms with van der Waals surface area (Å²) in [7, 11) is -6.46. The molecule has 0 saturated heterocycles. The average Bonchev–Trinajstić information content (AvgIpc) is 2.49. The Labute approximate surface area is 152 Å². The van der Waals surface area contributed by atoms with E-state index in [1.807, 2.05) is 0 Å². The van der Waals surface area contributed by atoms with E-state index in [9.17, 15) is 53.1 Å². The largest absolute Gasteiger partial charge is 0.465 e. The molecule has 0 bridgehead atoms. The van der Waals surface area contributed by atoms with E-state index in [0.717, 1.165) is 6.92 Å². The number of carbonyl (C=O) groups is 2. The molecule has 0 aliphatic carbocycles. The Kier molecular flexibility index (Phi) is 7.98. The van der Waals surface area contributed by atoms with Crippen LogP contribution in [-0.4, -0.2) is 61.1 Å². The van der Waals surface area contributed by atoms with Gasteiger partial charge in [0.25, 0.3) is 0 Å². The molecule has 1 N–H and O–H groups in total. The molecule has 0 spiro atoms. The minimum atomic E-state index is -6.46. The average molecular weight is 452 g/mol. The zero-order chi connectivity index (χ0) is 22.7. The molecule has 16 heteroatoms. The van der Waals surface area contributed by atoms with Crippen LogP contribution < -0.4 is 0 Å². The second-order valence-electron chi connectivity index (χ2n) is 5.23. The van der Waals surface area contributed by atoms with Gasteiger partial charge in [0.1, 0.15) is 12.7 Å². The van der Waals surface area contributed by atoms with Gasteiger partial charge in [0.15, 0.2) is 0 Å². The molecule has 0 aromatic carbocycles. The van der Waals surface area contributed by atoms with Crippen molar-refractivity contribution in [2.75, 3.05) is 6.61 Å². The summed E-state index contributed by atoms with van der Waals surface area (Å²) in [6.07, 6.45) is -10.4. The summed E-state index contributed by atoms with van der Waals surface area (Å²) in [6.45, 7) is 2.40. The van der Waals surface area contributed by atoms with Crippen LogP contribution in [0.1, 0.15) is 13.3 Å². The summed E-state index contributed by atoms with van der Waals surface area (Å²) in [5.41, 5.74) is -0.405. The van der Waals surface area contributed by atoms with E-state index in [1.54, 1.807) is 0 Å². The number of hydrogen-bond donors (Lipinski definition) is 1. The molecule has 1 unspecified atom stereocenters. The molecule has 0 radical (unpaired) electrons. The van der Waals surface area contributed by atoms with E-state index in [2.05, 4.69) is 16.1 Å². The van der Waals surface area contributed by atoms with Crippen LogP contribution in [0.5, 0.6) is 0 Å². The second-order valence-corrected chi connectivity index (χ2v) is 6.69. The van der Waals surface area contributed by atoms with Crippen LogP contribution in [0.15, 0.2) is 12.2 Å². The van der Waals surface area contributed by atoms with Gasteiger partial charge in [-0.3, -0.25) is 4.55 Å². The highest BCUT2D eigenvalue weighted by Crippen LogP contribution is 2.42. The lowest BCUT2D eigenvalue weighted by molar-refractivity contribution is -0.274. The van der Waals surface area contributed by atoms with E-state index in [4.69, 9.17) is 4.55 Å². The third-order valence-corrected chi connectivity index (χ3v) is 3.64. The van der Waals surface area contributed by atoms with E-state index in [-0.39, 0.29) is 0 Å². The van der Waals surface area contributed by atoms with Crippen LogP contribution in [-0.2, 0) is 29.2 Å². The van der Waals surface area contributed by atoms with Crippen molar-refractivity contribution in [1.82, 2.24) is 0 Å². The molecule has 1 atom stereocenters. The van der Waals surface area contributed by atoms with Crippen LogP contribution in [0, 0.1) is 0 Å². The molecule has 164 valence electrons.